The van der Waals surface area contributed by atoms with Gasteiger partial charge in [-0.25, -0.2) is 4.39 Å². The number of thiophene rings is 1. The third-order valence-electron chi connectivity index (χ3n) is 2.19. The highest BCUT2D eigenvalue weighted by molar-refractivity contribution is 7.17. The van der Waals surface area contributed by atoms with Gasteiger partial charge in [-0.3, -0.25) is 0 Å². The Balaban J connectivity index is 2.87. The van der Waals surface area contributed by atoms with Gasteiger partial charge in [0.25, 0.3) is 0 Å². The maximum Gasteiger partial charge on any atom is 0.147 e. The van der Waals surface area contributed by atoms with Crippen LogP contribution in [0.15, 0.2) is 17.5 Å². The van der Waals surface area contributed by atoms with E-state index >= 15 is 0 Å². The molecule has 0 aliphatic carbocycles. The molecule has 0 radical (unpaired) electrons. The second-order valence-corrected chi connectivity index (χ2v) is 3.86. The van der Waals surface area contributed by atoms with Crippen molar-refractivity contribution in [1.29, 1.82) is 0 Å². The molecule has 0 unspecified atom stereocenters. The highest BCUT2D eigenvalue weighted by atomic mass is 32.1. The van der Waals surface area contributed by atoms with E-state index in [0.29, 0.717) is 0 Å². The predicted molar refractivity (Wildman–Crippen MR) is 55.6 cm³/mol. The van der Waals surface area contributed by atoms with E-state index in [2.05, 4.69) is 0 Å². The van der Waals surface area contributed by atoms with E-state index in [9.17, 15) is 4.39 Å². The first-order valence-electron chi connectivity index (χ1n) is 4.18. The molecule has 68 valence electrons. The smallest absolute Gasteiger partial charge is 0.147 e. The van der Waals surface area contributed by atoms with Gasteiger partial charge in [-0.15, -0.1) is 11.3 Å². The Hall–Kier alpha value is -1.09. The molecule has 0 aliphatic rings. The van der Waals surface area contributed by atoms with E-state index in [1.165, 1.54) is 17.4 Å². The first-order valence-corrected chi connectivity index (χ1v) is 5.06. The molecule has 1 heterocycles. The maximum absolute atomic E-state index is 13.3. The number of hydrogen-bond acceptors (Lipinski definition) is 2. The van der Waals surface area contributed by atoms with Crippen LogP contribution in [-0.4, -0.2) is 0 Å². The zero-order valence-corrected chi connectivity index (χ0v) is 8.12. The topological polar surface area (TPSA) is 26.0 Å². The van der Waals surface area contributed by atoms with Crippen molar-refractivity contribution in [2.45, 2.75) is 13.3 Å². The van der Waals surface area contributed by atoms with Crippen LogP contribution < -0.4 is 5.73 Å². The highest BCUT2D eigenvalue weighted by Gasteiger charge is 2.09. The standard InChI is InChI=1S/C10H10FNS/c1-2-6-5-8(11)9(12)10-7(6)3-4-13-10/h3-5H,2,12H2,1H3. The van der Waals surface area contributed by atoms with E-state index in [1.807, 2.05) is 18.4 Å². The number of aryl methyl sites for hydroxylation is 1. The van der Waals surface area contributed by atoms with Crippen molar-refractivity contribution in [3.05, 3.63) is 28.9 Å². The Labute approximate surface area is 80.0 Å². The summed E-state index contributed by atoms with van der Waals surface area (Å²) in [7, 11) is 0. The lowest BCUT2D eigenvalue weighted by Crippen LogP contribution is -1.93. The molecule has 13 heavy (non-hydrogen) atoms. The van der Waals surface area contributed by atoms with Crippen LogP contribution in [0, 0.1) is 5.82 Å². The van der Waals surface area contributed by atoms with Crippen molar-refractivity contribution in [3.63, 3.8) is 0 Å². The molecular formula is C10H10FNS. The fraction of sp³-hybridized carbons (Fsp3) is 0.200. The molecule has 0 saturated heterocycles. The third kappa shape index (κ3) is 1.20. The number of halogens is 1. The number of anilines is 1. The van der Waals surface area contributed by atoms with Crippen molar-refractivity contribution in [1.82, 2.24) is 0 Å². The summed E-state index contributed by atoms with van der Waals surface area (Å²) in [5.74, 6) is -0.299. The summed E-state index contributed by atoms with van der Waals surface area (Å²) >= 11 is 1.49. The Morgan fingerprint density at radius 1 is 1.54 bits per heavy atom. The van der Waals surface area contributed by atoms with Crippen LogP contribution in [-0.2, 0) is 6.42 Å². The molecule has 0 bridgehead atoms. The van der Waals surface area contributed by atoms with Gasteiger partial charge in [-0.05, 0) is 34.9 Å². The summed E-state index contributed by atoms with van der Waals surface area (Å²) in [4.78, 5) is 0. The van der Waals surface area contributed by atoms with Gasteiger partial charge in [-0.1, -0.05) is 6.92 Å². The van der Waals surface area contributed by atoms with E-state index in [-0.39, 0.29) is 11.5 Å². The first-order chi connectivity index (χ1) is 6.24. The average molecular weight is 195 g/mol. The summed E-state index contributed by atoms with van der Waals surface area (Å²) in [6.07, 6.45) is 0.838. The predicted octanol–water partition coefficient (Wildman–Crippen LogP) is 3.19. The van der Waals surface area contributed by atoms with Gasteiger partial charge >= 0.3 is 0 Å². The summed E-state index contributed by atoms with van der Waals surface area (Å²) in [6.45, 7) is 2.02. The maximum atomic E-state index is 13.3. The minimum Gasteiger partial charge on any atom is -0.395 e. The Morgan fingerprint density at radius 3 is 3.00 bits per heavy atom. The molecule has 0 saturated carbocycles. The molecule has 0 amide bonds. The largest absolute Gasteiger partial charge is 0.395 e. The van der Waals surface area contributed by atoms with Crippen LogP contribution in [0.4, 0.5) is 10.1 Å². The molecular weight excluding hydrogens is 185 g/mol. The molecule has 2 N–H and O–H groups in total. The van der Waals surface area contributed by atoms with Gasteiger partial charge in [0, 0.05) is 0 Å². The fourth-order valence-corrected chi connectivity index (χ4v) is 2.37. The van der Waals surface area contributed by atoms with Gasteiger partial charge < -0.3 is 5.73 Å². The lowest BCUT2D eigenvalue weighted by atomic mass is 10.1. The fourth-order valence-electron chi connectivity index (χ4n) is 1.48. The molecule has 0 aliphatic heterocycles. The van der Waals surface area contributed by atoms with Crippen molar-refractivity contribution >= 4 is 27.1 Å². The Bertz CT molecular complexity index is 447. The van der Waals surface area contributed by atoms with Crippen molar-refractivity contribution in [2.75, 3.05) is 5.73 Å². The lowest BCUT2D eigenvalue weighted by molar-refractivity contribution is 0.632. The second kappa shape index (κ2) is 3.00. The van der Waals surface area contributed by atoms with Crippen molar-refractivity contribution in [2.24, 2.45) is 0 Å². The first kappa shape index (κ1) is 8.51. The van der Waals surface area contributed by atoms with Crippen LogP contribution in [0.3, 0.4) is 0 Å². The molecule has 2 aromatic rings. The molecule has 3 heteroatoms. The zero-order valence-electron chi connectivity index (χ0n) is 7.30. The molecule has 1 aromatic carbocycles. The Kier molecular flexibility index (Phi) is 1.96. The summed E-state index contributed by atoms with van der Waals surface area (Å²) in [6, 6.07) is 3.53. The Morgan fingerprint density at radius 2 is 2.31 bits per heavy atom. The van der Waals surface area contributed by atoms with Gasteiger partial charge in [0.1, 0.15) is 5.82 Å². The normalized spacial score (nSPS) is 10.9. The number of nitrogens with two attached hydrogens (primary N) is 1. The number of rotatable bonds is 1. The highest BCUT2D eigenvalue weighted by Crippen LogP contribution is 2.32. The van der Waals surface area contributed by atoms with Crippen LogP contribution in [0.5, 0.6) is 0 Å². The van der Waals surface area contributed by atoms with Crippen LogP contribution in [0.1, 0.15) is 12.5 Å². The number of hydrogen-bond donors (Lipinski definition) is 1. The minimum atomic E-state index is -0.299. The van der Waals surface area contributed by atoms with Gasteiger partial charge in [-0.2, -0.15) is 0 Å². The third-order valence-corrected chi connectivity index (χ3v) is 3.14. The number of nitrogen functional groups attached to an aromatic ring is 1. The second-order valence-electron chi connectivity index (χ2n) is 2.95. The SMILES string of the molecule is CCc1cc(F)c(N)c2sccc12. The average Bonchev–Trinajstić information content (AvgIpc) is 2.60. The zero-order chi connectivity index (χ0) is 9.42. The van der Waals surface area contributed by atoms with E-state index in [1.54, 1.807) is 0 Å². The quantitative estimate of drug-likeness (QED) is 0.695. The molecule has 1 aromatic heterocycles. The van der Waals surface area contributed by atoms with Crippen molar-refractivity contribution < 1.29 is 4.39 Å². The minimum absolute atomic E-state index is 0.280. The summed E-state index contributed by atoms with van der Waals surface area (Å²) < 4.78 is 14.1. The van der Waals surface area contributed by atoms with E-state index in [4.69, 9.17) is 5.73 Å². The van der Waals surface area contributed by atoms with E-state index < -0.39 is 0 Å². The van der Waals surface area contributed by atoms with E-state index in [0.717, 1.165) is 22.1 Å². The monoisotopic (exact) mass is 195 g/mol. The van der Waals surface area contributed by atoms with Crippen LogP contribution >= 0.6 is 11.3 Å². The summed E-state index contributed by atoms with van der Waals surface area (Å²) in [5.41, 5.74) is 6.93. The number of benzene rings is 1. The van der Waals surface area contributed by atoms with Crippen LogP contribution in [0.25, 0.3) is 10.1 Å². The lowest BCUT2D eigenvalue weighted by Gasteiger charge is -2.03. The van der Waals surface area contributed by atoms with Gasteiger partial charge in [0.15, 0.2) is 0 Å². The van der Waals surface area contributed by atoms with Crippen LogP contribution in [0.2, 0.25) is 0 Å². The molecule has 1 nitrogen and oxygen atoms in total. The molecule has 0 spiro atoms. The van der Waals surface area contributed by atoms with Crippen molar-refractivity contribution in [3.8, 4) is 0 Å². The molecule has 0 fully saturated rings. The molecule has 0 atom stereocenters. The molecule has 2 rings (SSSR count). The van der Waals surface area contributed by atoms with Gasteiger partial charge in [0.05, 0.1) is 10.4 Å². The number of fused-ring (bicyclic) bond motifs is 1. The summed E-state index contributed by atoms with van der Waals surface area (Å²) in [5, 5.41) is 3.03. The van der Waals surface area contributed by atoms with Gasteiger partial charge in [0.2, 0.25) is 0 Å².